The fourth-order valence-corrected chi connectivity index (χ4v) is 8.62. The van der Waals surface area contributed by atoms with Crippen molar-refractivity contribution in [2.45, 2.75) is 72.8 Å². The third kappa shape index (κ3) is 4.22. The summed E-state index contributed by atoms with van der Waals surface area (Å²) < 4.78 is 0. The summed E-state index contributed by atoms with van der Waals surface area (Å²) in [5, 5.41) is 23.1. The first-order valence-corrected chi connectivity index (χ1v) is 15.0. The van der Waals surface area contributed by atoms with Crippen LogP contribution in [0.5, 0.6) is 5.75 Å². The van der Waals surface area contributed by atoms with Gasteiger partial charge in [0.05, 0.1) is 11.5 Å². The second-order valence-electron chi connectivity index (χ2n) is 13.8. The fourth-order valence-electron chi connectivity index (χ4n) is 8.62. The smallest absolute Gasteiger partial charge is 0.190 e. The van der Waals surface area contributed by atoms with E-state index in [0.717, 1.165) is 42.0 Å². The van der Waals surface area contributed by atoms with Gasteiger partial charge in [0.25, 0.3) is 0 Å². The van der Waals surface area contributed by atoms with Crippen LogP contribution >= 0.6 is 0 Å². The van der Waals surface area contributed by atoms with Crippen molar-refractivity contribution in [3.8, 4) is 16.9 Å². The minimum Gasteiger partial charge on any atom is -0.507 e. The lowest BCUT2D eigenvalue weighted by atomic mass is 9.40. The zero-order valence-corrected chi connectivity index (χ0v) is 25.7. The lowest BCUT2D eigenvalue weighted by Gasteiger charge is -2.61. The summed E-state index contributed by atoms with van der Waals surface area (Å²) in [5.41, 5.74) is -0.909. The van der Waals surface area contributed by atoms with Crippen LogP contribution in [0.1, 0.15) is 75.9 Å². The number of carbonyl (C=O) groups is 5. The molecule has 43 heavy (non-hydrogen) atoms. The molecule has 0 aromatic heterocycles. The summed E-state index contributed by atoms with van der Waals surface area (Å²) in [7, 11) is 0. The molecule has 0 radical (unpaired) electrons. The van der Waals surface area contributed by atoms with Crippen molar-refractivity contribution in [2.75, 3.05) is 0 Å². The highest BCUT2D eigenvalue weighted by Gasteiger charge is 2.76. The summed E-state index contributed by atoms with van der Waals surface area (Å²) >= 11 is 0. The van der Waals surface area contributed by atoms with E-state index in [1.54, 1.807) is 33.8 Å². The lowest BCUT2D eigenvalue weighted by molar-refractivity contribution is -0.205. The summed E-state index contributed by atoms with van der Waals surface area (Å²) in [5.74, 6) is -8.92. The largest absolute Gasteiger partial charge is 0.507 e. The molecule has 2 N–H and O–H groups in total. The molecule has 0 heterocycles. The van der Waals surface area contributed by atoms with E-state index in [1.807, 2.05) is 24.3 Å². The minimum absolute atomic E-state index is 0.00632. The Bertz CT molecular complexity index is 1600. The predicted molar refractivity (Wildman–Crippen MR) is 162 cm³/mol. The van der Waals surface area contributed by atoms with Gasteiger partial charge in [-0.25, -0.2) is 0 Å². The molecule has 2 saturated carbocycles. The number of aromatic hydroxyl groups is 1. The van der Waals surface area contributed by atoms with Crippen molar-refractivity contribution in [2.24, 2.45) is 34.5 Å². The highest BCUT2D eigenvalue weighted by molar-refractivity contribution is 6.32. The molecule has 3 aliphatic carbocycles. The second kappa shape index (κ2) is 10.2. The van der Waals surface area contributed by atoms with Crippen LogP contribution in [-0.4, -0.2) is 44.7 Å². The first-order chi connectivity index (χ1) is 20.0. The van der Waals surface area contributed by atoms with Crippen LogP contribution in [0.15, 0.2) is 48.6 Å². The Balaban J connectivity index is 1.67. The molecule has 3 aliphatic rings. The molecule has 0 aliphatic heterocycles. The van der Waals surface area contributed by atoms with Crippen molar-refractivity contribution < 1.29 is 34.2 Å². The summed E-state index contributed by atoms with van der Waals surface area (Å²) in [6, 6.07) is 11.1. The van der Waals surface area contributed by atoms with Crippen molar-refractivity contribution in [1.29, 1.82) is 0 Å². The molecule has 0 saturated heterocycles. The third-order valence-electron chi connectivity index (χ3n) is 10.5. The Morgan fingerprint density at radius 1 is 1.02 bits per heavy atom. The molecule has 6 atom stereocenters. The quantitative estimate of drug-likeness (QED) is 0.350. The van der Waals surface area contributed by atoms with Gasteiger partial charge in [0, 0.05) is 11.3 Å². The maximum atomic E-state index is 14.4. The van der Waals surface area contributed by atoms with Crippen LogP contribution in [0.2, 0.25) is 0 Å². The highest BCUT2D eigenvalue weighted by Crippen LogP contribution is 2.64. The minimum atomic E-state index is -2.70. The van der Waals surface area contributed by atoms with Gasteiger partial charge in [-0.3, -0.25) is 24.0 Å². The van der Waals surface area contributed by atoms with Crippen molar-refractivity contribution in [1.82, 2.24) is 0 Å². The number of allylic oxidation sites excluding steroid dienone is 1. The SMILES string of the molecule is C=C(CC)Cc1ccc(-c2ccc(O)c3c2C[C@]2(C)C[C@]4(C)C(C(C)C)C(=O)C(C(C)=O)C(=O)[C@]4(O)C(=O)C2C3=O)cc1. The maximum Gasteiger partial charge on any atom is 0.190 e. The van der Waals surface area contributed by atoms with Crippen LogP contribution in [0.25, 0.3) is 11.1 Å². The van der Waals surface area contributed by atoms with Gasteiger partial charge >= 0.3 is 0 Å². The van der Waals surface area contributed by atoms with E-state index in [-0.39, 0.29) is 30.1 Å². The van der Waals surface area contributed by atoms with Gasteiger partial charge < -0.3 is 10.2 Å². The molecule has 2 aromatic rings. The zero-order chi connectivity index (χ0) is 31.8. The number of aliphatic hydroxyl groups is 1. The first-order valence-electron chi connectivity index (χ1n) is 15.0. The van der Waals surface area contributed by atoms with Gasteiger partial charge in [-0.2, -0.15) is 0 Å². The molecular formula is C36H40O7. The molecule has 7 heteroatoms. The summed E-state index contributed by atoms with van der Waals surface area (Å²) in [6.07, 6.45) is 1.87. The van der Waals surface area contributed by atoms with Crippen LogP contribution in [0.4, 0.5) is 0 Å². The molecule has 3 unspecified atom stereocenters. The van der Waals surface area contributed by atoms with E-state index in [4.69, 9.17) is 0 Å². The normalized spacial score (nSPS) is 31.9. The van der Waals surface area contributed by atoms with E-state index in [9.17, 15) is 34.2 Å². The van der Waals surface area contributed by atoms with Gasteiger partial charge in [0.1, 0.15) is 17.5 Å². The molecule has 7 nitrogen and oxygen atoms in total. The number of hydrogen-bond acceptors (Lipinski definition) is 7. The predicted octanol–water partition coefficient (Wildman–Crippen LogP) is 5.27. The molecule has 2 aromatic carbocycles. The van der Waals surface area contributed by atoms with E-state index in [0.29, 0.717) is 5.56 Å². The number of phenols is 1. The Hall–Kier alpha value is -3.71. The number of rotatable bonds is 6. The molecule has 0 amide bonds. The number of hydrogen-bond donors (Lipinski definition) is 2. The average molecular weight is 585 g/mol. The van der Waals surface area contributed by atoms with Gasteiger partial charge in [0.15, 0.2) is 28.7 Å². The van der Waals surface area contributed by atoms with Gasteiger partial charge in [-0.1, -0.05) is 77.1 Å². The number of ketones is 5. The van der Waals surface area contributed by atoms with Crippen LogP contribution in [0, 0.1) is 34.5 Å². The van der Waals surface area contributed by atoms with Crippen molar-refractivity contribution >= 4 is 28.9 Å². The maximum absolute atomic E-state index is 14.4. The Morgan fingerprint density at radius 2 is 1.65 bits per heavy atom. The molecular weight excluding hydrogens is 544 g/mol. The van der Waals surface area contributed by atoms with Crippen LogP contribution in [0.3, 0.4) is 0 Å². The fraction of sp³-hybridized carbons (Fsp3) is 0.472. The number of Topliss-reactive ketones (excluding diaryl/α,β-unsaturated/α-hetero) is 5. The molecule has 2 fully saturated rings. The van der Waals surface area contributed by atoms with Gasteiger partial charge in [0.2, 0.25) is 0 Å². The zero-order valence-electron chi connectivity index (χ0n) is 25.7. The summed E-state index contributed by atoms with van der Waals surface area (Å²) in [6.45, 7) is 14.2. The number of fused-ring (bicyclic) bond motifs is 3. The molecule has 0 bridgehead atoms. The average Bonchev–Trinajstić information content (AvgIpc) is 2.91. The summed E-state index contributed by atoms with van der Waals surface area (Å²) in [4.78, 5) is 68.7. The first kappa shape index (κ1) is 30.7. The molecule has 0 spiro atoms. The van der Waals surface area contributed by atoms with E-state index in [2.05, 4.69) is 13.5 Å². The number of phenolic OH excluding ortho intramolecular Hbond substituents is 1. The van der Waals surface area contributed by atoms with E-state index >= 15 is 0 Å². The lowest BCUT2D eigenvalue weighted by Crippen LogP contribution is -2.76. The third-order valence-corrected chi connectivity index (χ3v) is 10.5. The van der Waals surface area contributed by atoms with Gasteiger partial charge in [-0.05, 0) is 72.3 Å². The second-order valence-corrected chi connectivity index (χ2v) is 13.8. The topological polar surface area (TPSA) is 126 Å². The number of carbonyl (C=O) groups excluding carboxylic acids is 5. The standard InChI is InChI=1S/C36H40O7/c1-8-19(4)15-21-9-11-22(12-10-21)23-13-14-25(38)27-24(23)16-34(6)17-35(7)28(18(2)3)30(39)26(20(5)37)32(41)36(35,43)33(42)29(34)31(27)40/h9-14,18,26,28-29,38,43H,4,8,15-17H2,1-3,5-7H3/t26?,28?,29?,34-,35-,36+/m1/s1. The van der Waals surface area contributed by atoms with E-state index < -0.39 is 63.1 Å². The Morgan fingerprint density at radius 3 is 2.21 bits per heavy atom. The van der Waals surface area contributed by atoms with Crippen LogP contribution < -0.4 is 0 Å². The van der Waals surface area contributed by atoms with Crippen LogP contribution in [-0.2, 0) is 32.0 Å². The monoisotopic (exact) mass is 584 g/mol. The van der Waals surface area contributed by atoms with Crippen molar-refractivity contribution in [3.63, 3.8) is 0 Å². The Labute approximate surface area is 252 Å². The molecule has 5 rings (SSSR count). The molecule has 226 valence electrons. The number of benzene rings is 2. The Kier molecular flexibility index (Phi) is 7.28. The van der Waals surface area contributed by atoms with E-state index in [1.165, 1.54) is 6.07 Å². The van der Waals surface area contributed by atoms with Crippen molar-refractivity contribution in [3.05, 3.63) is 65.2 Å². The van der Waals surface area contributed by atoms with Gasteiger partial charge in [-0.15, -0.1) is 0 Å². The highest BCUT2D eigenvalue weighted by atomic mass is 16.3.